The molecule has 2 rings (SSSR count). The highest BCUT2D eigenvalue weighted by Crippen LogP contribution is 2.27. The Hall–Kier alpha value is -1.12. The third-order valence-corrected chi connectivity index (χ3v) is 4.05. The molecule has 1 aromatic carbocycles. The molecule has 1 unspecified atom stereocenters. The lowest BCUT2D eigenvalue weighted by Crippen LogP contribution is -2.21. The average molecular weight is 246 g/mol. The van der Waals surface area contributed by atoms with Crippen molar-refractivity contribution in [1.29, 1.82) is 0 Å². The average Bonchev–Trinajstić information content (AvgIpc) is 2.80. The Morgan fingerprint density at radius 2 is 1.88 bits per heavy atom. The Labute approximate surface area is 107 Å². The van der Waals surface area contributed by atoms with E-state index in [2.05, 4.69) is 36.6 Å². The van der Waals surface area contributed by atoms with Crippen molar-refractivity contribution in [2.24, 2.45) is 0 Å². The standard InChI is InChI=1S/C15H18OS/c1-12-5-7-13(8-6-12)15(2,16)10-9-14-4-3-11-17-14/h3-8,11,16H,9-10H2,1-2H3. The summed E-state index contributed by atoms with van der Waals surface area (Å²) in [6.07, 6.45) is 1.69. The van der Waals surface area contributed by atoms with Gasteiger partial charge < -0.3 is 5.11 Å². The zero-order chi connectivity index (χ0) is 12.3. The number of benzene rings is 1. The van der Waals surface area contributed by atoms with Gasteiger partial charge in [0.15, 0.2) is 0 Å². The highest BCUT2D eigenvalue weighted by atomic mass is 32.1. The van der Waals surface area contributed by atoms with Crippen molar-refractivity contribution in [2.45, 2.75) is 32.3 Å². The molecule has 0 saturated carbocycles. The highest BCUT2D eigenvalue weighted by molar-refractivity contribution is 7.09. The number of aliphatic hydroxyl groups is 1. The van der Waals surface area contributed by atoms with E-state index in [-0.39, 0.29) is 0 Å². The van der Waals surface area contributed by atoms with Gasteiger partial charge in [0.2, 0.25) is 0 Å². The van der Waals surface area contributed by atoms with Gasteiger partial charge in [0, 0.05) is 4.88 Å². The minimum absolute atomic E-state index is 0.738. The van der Waals surface area contributed by atoms with Crippen LogP contribution in [0.5, 0.6) is 0 Å². The van der Waals surface area contributed by atoms with E-state index in [1.807, 2.05) is 19.1 Å². The maximum atomic E-state index is 10.5. The van der Waals surface area contributed by atoms with E-state index in [0.717, 1.165) is 18.4 Å². The Kier molecular flexibility index (Phi) is 3.65. The highest BCUT2D eigenvalue weighted by Gasteiger charge is 2.22. The molecule has 1 atom stereocenters. The van der Waals surface area contributed by atoms with Gasteiger partial charge in [-0.1, -0.05) is 35.9 Å². The van der Waals surface area contributed by atoms with Crippen LogP contribution in [0.1, 0.15) is 29.3 Å². The molecular weight excluding hydrogens is 228 g/mol. The van der Waals surface area contributed by atoms with E-state index >= 15 is 0 Å². The van der Waals surface area contributed by atoms with Crippen molar-refractivity contribution in [2.75, 3.05) is 0 Å². The van der Waals surface area contributed by atoms with Crippen LogP contribution in [0.4, 0.5) is 0 Å². The molecule has 0 radical (unpaired) electrons. The fraction of sp³-hybridized carbons (Fsp3) is 0.333. The van der Waals surface area contributed by atoms with Crippen LogP contribution in [0.3, 0.4) is 0 Å². The molecule has 1 N–H and O–H groups in total. The summed E-state index contributed by atoms with van der Waals surface area (Å²) in [7, 11) is 0. The van der Waals surface area contributed by atoms with Crippen LogP contribution in [-0.2, 0) is 12.0 Å². The maximum absolute atomic E-state index is 10.5. The number of rotatable bonds is 4. The van der Waals surface area contributed by atoms with Gasteiger partial charge >= 0.3 is 0 Å². The lowest BCUT2D eigenvalue weighted by atomic mass is 9.90. The monoisotopic (exact) mass is 246 g/mol. The van der Waals surface area contributed by atoms with E-state index in [9.17, 15) is 5.11 Å². The molecule has 0 saturated heterocycles. The van der Waals surface area contributed by atoms with Crippen LogP contribution >= 0.6 is 11.3 Å². The minimum atomic E-state index is -0.738. The van der Waals surface area contributed by atoms with Gasteiger partial charge in [-0.05, 0) is 43.7 Å². The first-order valence-electron chi connectivity index (χ1n) is 5.90. The SMILES string of the molecule is Cc1ccc(C(C)(O)CCc2cccs2)cc1. The molecule has 1 aromatic heterocycles. The third-order valence-electron chi connectivity index (χ3n) is 3.11. The van der Waals surface area contributed by atoms with E-state index in [4.69, 9.17) is 0 Å². The number of hydrogen-bond acceptors (Lipinski definition) is 2. The van der Waals surface area contributed by atoms with Crippen molar-refractivity contribution in [1.82, 2.24) is 0 Å². The van der Waals surface area contributed by atoms with Crippen LogP contribution in [0, 0.1) is 6.92 Å². The number of hydrogen-bond donors (Lipinski definition) is 1. The summed E-state index contributed by atoms with van der Waals surface area (Å²) in [6, 6.07) is 12.3. The fourth-order valence-corrected chi connectivity index (χ4v) is 2.59. The van der Waals surface area contributed by atoms with Gasteiger partial charge in [-0.3, -0.25) is 0 Å². The lowest BCUT2D eigenvalue weighted by Gasteiger charge is -2.23. The van der Waals surface area contributed by atoms with Gasteiger partial charge in [-0.25, -0.2) is 0 Å². The van der Waals surface area contributed by atoms with E-state index in [0.29, 0.717) is 0 Å². The molecule has 1 heterocycles. The number of thiophene rings is 1. The molecule has 2 heteroatoms. The van der Waals surface area contributed by atoms with Crippen molar-refractivity contribution in [3.05, 3.63) is 57.8 Å². The van der Waals surface area contributed by atoms with Gasteiger partial charge in [0.25, 0.3) is 0 Å². The summed E-state index contributed by atoms with van der Waals surface area (Å²) in [5.74, 6) is 0. The minimum Gasteiger partial charge on any atom is -0.385 e. The predicted molar refractivity (Wildman–Crippen MR) is 73.4 cm³/mol. The zero-order valence-electron chi connectivity index (χ0n) is 10.3. The first-order chi connectivity index (χ1) is 8.08. The lowest BCUT2D eigenvalue weighted by molar-refractivity contribution is 0.0483. The van der Waals surface area contributed by atoms with Crippen LogP contribution in [0.25, 0.3) is 0 Å². The van der Waals surface area contributed by atoms with E-state index < -0.39 is 5.60 Å². The molecule has 0 aliphatic rings. The topological polar surface area (TPSA) is 20.2 Å². The summed E-state index contributed by atoms with van der Waals surface area (Å²) < 4.78 is 0. The Bertz CT molecular complexity index is 454. The first-order valence-corrected chi connectivity index (χ1v) is 6.78. The zero-order valence-corrected chi connectivity index (χ0v) is 11.1. The summed E-state index contributed by atoms with van der Waals surface area (Å²) in [6.45, 7) is 3.95. The summed E-state index contributed by atoms with van der Waals surface area (Å²) in [4.78, 5) is 1.33. The van der Waals surface area contributed by atoms with Crippen LogP contribution < -0.4 is 0 Å². The molecule has 0 fully saturated rings. The normalized spacial score (nSPS) is 14.5. The molecule has 2 aromatic rings. The van der Waals surface area contributed by atoms with Crippen LogP contribution in [0.15, 0.2) is 41.8 Å². The van der Waals surface area contributed by atoms with Crippen LogP contribution in [0.2, 0.25) is 0 Å². The largest absolute Gasteiger partial charge is 0.385 e. The quantitative estimate of drug-likeness (QED) is 0.867. The molecule has 0 bridgehead atoms. The molecule has 1 nitrogen and oxygen atoms in total. The van der Waals surface area contributed by atoms with Crippen molar-refractivity contribution >= 4 is 11.3 Å². The van der Waals surface area contributed by atoms with Crippen molar-refractivity contribution < 1.29 is 5.11 Å². The summed E-state index contributed by atoms with van der Waals surface area (Å²) >= 11 is 1.75. The molecule has 0 aliphatic heterocycles. The van der Waals surface area contributed by atoms with E-state index in [1.165, 1.54) is 10.4 Å². The second kappa shape index (κ2) is 5.03. The molecule has 0 aliphatic carbocycles. The maximum Gasteiger partial charge on any atom is 0.0872 e. The fourth-order valence-electron chi connectivity index (χ4n) is 1.88. The Morgan fingerprint density at radius 3 is 2.47 bits per heavy atom. The second-order valence-corrected chi connectivity index (χ2v) is 5.75. The molecule has 0 amide bonds. The number of aryl methyl sites for hydroxylation is 2. The van der Waals surface area contributed by atoms with Crippen LogP contribution in [-0.4, -0.2) is 5.11 Å². The molecule has 0 spiro atoms. The van der Waals surface area contributed by atoms with Gasteiger partial charge in [-0.15, -0.1) is 11.3 Å². The van der Waals surface area contributed by atoms with E-state index in [1.54, 1.807) is 11.3 Å². The Balaban J connectivity index is 2.05. The first kappa shape index (κ1) is 12.3. The van der Waals surface area contributed by atoms with Gasteiger partial charge in [0.05, 0.1) is 5.60 Å². The van der Waals surface area contributed by atoms with Gasteiger partial charge in [0.1, 0.15) is 0 Å². The molecule has 17 heavy (non-hydrogen) atoms. The second-order valence-electron chi connectivity index (χ2n) is 4.72. The van der Waals surface area contributed by atoms with Crippen molar-refractivity contribution in [3.63, 3.8) is 0 Å². The van der Waals surface area contributed by atoms with Gasteiger partial charge in [-0.2, -0.15) is 0 Å². The smallest absolute Gasteiger partial charge is 0.0872 e. The van der Waals surface area contributed by atoms with Crippen molar-refractivity contribution in [3.8, 4) is 0 Å². The Morgan fingerprint density at radius 1 is 1.18 bits per heavy atom. The summed E-state index contributed by atoms with van der Waals surface area (Å²) in [5.41, 5.74) is 1.49. The third kappa shape index (κ3) is 3.18. The predicted octanol–water partition coefficient (Wildman–Crippen LogP) is 3.90. The molecule has 90 valence electrons. The molecular formula is C15H18OS. The summed E-state index contributed by atoms with van der Waals surface area (Å²) in [5, 5.41) is 12.6.